The Hall–Kier alpha value is -1.85. The van der Waals surface area contributed by atoms with Gasteiger partial charge in [0.05, 0.1) is 12.4 Å². The molecule has 70 valence electrons. The number of oxime groups is 1. The first-order valence-corrected chi connectivity index (χ1v) is 3.81. The van der Waals surface area contributed by atoms with Crippen LogP contribution < -0.4 is 11.1 Å². The summed E-state index contributed by atoms with van der Waals surface area (Å²) in [5.41, 5.74) is 5.65. The van der Waals surface area contributed by atoms with Crippen LogP contribution in [-0.4, -0.2) is 27.6 Å². The minimum Gasteiger partial charge on any atom is -0.409 e. The number of anilines is 1. The molecule has 1 rings (SSSR count). The molecule has 0 aliphatic carbocycles. The normalized spacial score (nSPS) is 11.3. The van der Waals surface area contributed by atoms with Crippen molar-refractivity contribution in [2.24, 2.45) is 10.9 Å². The van der Waals surface area contributed by atoms with E-state index in [0.29, 0.717) is 11.5 Å². The van der Waals surface area contributed by atoms with Gasteiger partial charge >= 0.3 is 0 Å². The van der Waals surface area contributed by atoms with Crippen molar-refractivity contribution >= 4 is 11.7 Å². The number of nitrogens with zero attached hydrogens (tertiary/aromatic N) is 3. The molecule has 0 amide bonds. The Morgan fingerprint density at radius 2 is 2.38 bits per heavy atom. The van der Waals surface area contributed by atoms with Gasteiger partial charge in [-0.05, 0) is 6.92 Å². The number of rotatable bonds is 3. The highest BCUT2D eigenvalue weighted by molar-refractivity contribution is 5.94. The van der Waals surface area contributed by atoms with Crippen LogP contribution in [-0.2, 0) is 0 Å². The van der Waals surface area contributed by atoms with E-state index in [1.807, 2.05) is 6.92 Å². The second-order valence-corrected chi connectivity index (χ2v) is 2.30. The van der Waals surface area contributed by atoms with E-state index < -0.39 is 0 Å². The molecule has 0 atom stereocenters. The van der Waals surface area contributed by atoms with Crippen LogP contribution >= 0.6 is 0 Å². The van der Waals surface area contributed by atoms with Crippen LogP contribution in [0.2, 0.25) is 0 Å². The van der Waals surface area contributed by atoms with Gasteiger partial charge in [-0.1, -0.05) is 5.16 Å². The Labute approximate surface area is 75.5 Å². The number of nitrogens with one attached hydrogen (secondary N) is 1. The Kier molecular flexibility index (Phi) is 3.02. The molecule has 13 heavy (non-hydrogen) atoms. The molecule has 0 saturated heterocycles. The zero-order chi connectivity index (χ0) is 9.68. The number of aromatic nitrogens is 2. The van der Waals surface area contributed by atoms with Gasteiger partial charge in [0.15, 0.2) is 5.84 Å². The lowest BCUT2D eigenvalue weighted by molar-refractivity contribution is 0.318. The quantitative estimate of drug-likeness (QED) is 0.264. The molecule has 0 radical (unpaired) electrons. The molecule has 0 aliphatic heterocycles. The molecule has 1 aromatic rings. The standard InChI is InChI=1S/C7H11N5O/c1-2-9-6-4-10-5(3-11-6)7(8)12-13/h3-4,13H,2H2,1H3,(H2,8,12)(H,9,11). The summed E-state index contributed by atoms with van der Waals surface area (Å²) >= 11 is 0. The third-order valence-electron chi connectivity index (χ3n) is 1.38. The summed E-state index contributed by atoms with van der Waals surface area (Å²) in [4.78, 5) is 7.92. The van der Waals surface area contributed by atoms with Crippen LogP contribution in [0.1, 0.15) is 12.6 Å². The highest BCUT2D eigenvalue weighted by atomic mass is 16.4. The second kappa shape index (κ2) is 4.24. The maximum atomic E-state index is 8.34. The van der Waals surface area contributed by atoms with Crippen molar-refractivity contribution in [2.75, 3.05) is 11.9 Å². The maximum Gasteiger partial charge on any atom is 0.190 e. The Morgan fingerprint density at radius 3 is 2.85 bits per heavy atom. The van der Waals surface area contributed by atoms with Crippen LogP contribution in [0.25, 0.3) is 0 Å². The predicted molar refractivity (Wildman–Crippen MR) is 48.7 cm³/mol. The summed E-state index contributed by atoms with van der Waals surface area (Å²) in [5, 5.41) is 14.1. The van der Waals surface area contributed by atoms with E-state index in [1.165, 1.54) is 12.4 Å². The van der Waals surface area contributed by atoms with E-state index in [-0.39, 0.29) is 5.84 Å². The van der Waals surface area contributed by atoms with Crippen molar-refractivity contribution in [3.63, 3.8) is 0 Å². The zero-order valence-electron chi connectivity index (χ0n) is 7.23. The lowest BCUT2D eigenvalue weighted by Gasteiger charge is -2.01. The lowest BCUT2D eigenvalue weighted by atomic mass is 10.4. The third kappa shape index (κ3) is 2.29. The molecule has 6 heteroatoms. The number of hydrogen-bond donors (Lipinski definition) is 3. The van der Waals surface area contributed by atoms with Crippen molar-refractivity contribution in [1.29, 1.82) is 0 Å². The molecule has 0 fully saturated rings. The van der Waals surface area contributed by atoms with Gasteiger partial charge < -0.3 is 16.3 Å². The predicted octanol–water partition coefficient (Wildman–Crippen LogP) is 0.00290. The first-order chi connectivity index (χ1) is 6.27. The first-order valence-electron chi connectivity index (χ1n) is 3.81. The minimum atomic E-state index is -0.0458. The monoisotopic (exact) mass is 181 g/mol. The fourth-order valence-corrected chi connectivity index (χ4v) is 0.784. The van der Waals surface area contributed by atoms with Crippen LogP contribution in [0.15, 0.2) is 17.5 Å². The van der Waals surface area contributed by atoms with Crippen molar-refractivity contribution in [2.45, 2.75) is 6.92 Å². The molecule has 1 heterocycles. The van der Waals surface area contributed by atoms with Gasteiger partial charge in [-0.25, -0.2) is 9.97 Å². The van der Waals surface area contributed by atoms with Gasteiger partial charge in [0.1, 0.15) is 11.5 Å². The molecule has 0 aliphatic rings. The number of amidine groups is 1. The van der Waals surface area contributed by atoms with E-state index in [4.69, 9.17) is 10.9 Å². The van der Waals surface area contributed by atoms with Crippen LogP contribution in [0, 0.1) is 0 Å². The largest absolute Gasteiger partial charge is 0.409 e. The molecule has 1 aromatic heterocycles. The van der Waals surface area contributed by atoms with E-state index in [1.54, 1.807) is 0 Å². The highest BCUT2D eigenvalue weighted by Crippen LogP contribution is 1.99. The molecular weight excluding hydrogens is 170 g/mol. The molecule has 0 saturated carbocycles. The molecule has 0 spiro atoms. The van der Waals surface area contributed by atoms with E-state index in [9.17, 15) is 0 Å². The van der Waals surface area contributed by atoms with E-state index in [2.05, 4.69) is 20.4 Å². The van der Waals surface area contributed by atoms with Crippen LogP contribution in [0.4, 0.5) is 5.82 Å². The Bertz CT molecular complexity index is 294. The number of nitrogens with two attached hydrogens (primary N) is 1. The summed E-state index contributed by atoms with van der Waals surface area (Å²) in [7, 11) is 0. The summed E-state index contributed by atoms with van der Waals surface area (Å²) in [5.74, 6) is 0.618. The van der Waals surface area contributed by atoms with Gasteiger partial charge in [-0.3, -0.25) is 0 Å². The molecule has 4 N–H and O–H groups in total. The molecule has 0 bridgehead atoms. The van der Waals surface area contributed by atoms with Crippen molar-refractivity contribution in [3.8, 4) is 0 Å². The fraction of sp³-hybridized carbons (Fsp3) is 0.286. The van der Waals surface area contributed by atoms with Crippen molar-refractivity contribution < 1.29 is 5.21 Å². The average molecular weight is 181 g/mol. The second-order valence-electron chi connectivity index (χ2n) is 2.30. The smallest absolute Gasteiger partial charge is 0.190 e. The lowest BCUT2D eigenvalue weighted by Crippen LogP contribution is -2.15. The van der Waals surface area contributed by atoms with Crippen LogP contribution in [0.5, 0.6) is 0 Å². The van der Waals surface area contributed by atoms with E-state index in [0.717, 1.165) is 6.54 Å². The molecule has 0 unspecified atom stereocenters. The average Bonchev–Trinajstić information content (AvgIpc) is 2.18. The third-order valence-corrected chi connectivity index (χ3v) is 1.38. The Balaban J connectivity index is 2.81. The summed E-state index contributed by atoms with van der Waals surface area (Å²) in [6.45, 7) is 2.73. The highest BCUT2D eigenvalue weighted by Gasteiger charge is 2.00. The van der Waals surface area contributed by atoms with Crippen LogP contribution in [0.3, 0.4) is 0 Å². The topological polar surface area (TPSA) is 96.4 Å². The van der Waals surface area contributed by atoms with Gasteiger partial charge in [0, 0.05) is 6.54 Å². The molecular formula is C7H11N5O. The Morgan fingerprint density at radius 1 is 1.62 bits per heavy atom. The maximum absolute atomic E-state index is 8.34. The summed E-state index contributed by atoms with van der Waals surface area (Å²) in [6.07, 6.45) is 2.96. The van der Waals surface area contributed by atoms with Crippen molar-refractivity contribution in [1.82, 2.24) is 9.97 Å². The zero-order valence-corrected chi connectivity index (χ0v) is 7.23. The van der Waals surface area contributed by atoms with Crippen molar-refractivity contribution in [3.05, 3.63) is 18.1 Å². The molecule has 6 nitrogen and oxygen atoms in total. The van der Waals surface area contributed by atoms with Gasteiger partial charge in [-0.2, -0.15) is 0 Å². The van der Waals surface area contributed by atoms with Gasteiger partial charge in [-0.15, -0.1) is 0 Å². The fourth-order valence-electron chi connectivity index (χ4n) is 0.784. The number of hydrogen-bond acceptors (Lipinski definition) is 5. The van der Waals surface area contributed by atoms with E-state index >= 15 is 0 Å². The molecule has 0 aromatic carbocycles. The minimum absolute atomic E-state index is 0.0458. The summed E-state index contributed by atoms with van der Waals surface area (Å²) in [6, 6.07) is 0. The van der Waals surface area contributed by atoms with Gasteiger partial charge in [0.25, 0.3) is 0 Å². The summed E-state index contributed by atoms with van der Waals surface area (Å²) < 4.78 is 0. The SMILES string of the molecule is CCNc1cnc(C(N)=NO)cn1. The van der Waals surface area contributed by atoms with Gasteiger partial charge in [0.2, 0.25) is 0 Å². The first kappa shape index (κ1) is 9.24.